The van der Waals surface area contributed by atoms with Crippen LogP contribution < -0.4 is 14.4 Å². The molecule has 0 aliphatic carbocycles. The summed E-state index contributed by atoms with van der Waals surface area (Å²) < 4.78 is 33.9. The smallest absolute Gasteiger partial charge is 0.264 e. The summed E-state index contributed by atoms with van der Waals surface area (Å²) in [6.07, 6.45) is 0. The lowest BCUT2D eigenvalue weighted by atomic mass is 10.1. The Balaban J connectivity index is 2.05. The molecule has 3 rings (SSSR count). The van der Waals surface area contributed by atoms with Crippen LogP contribution in [0, 0.1) is 0 Å². The molecule has 8 nitrogen and oxygen atoms in total. The largest absolute Gasteiger partial charge is 0.497 e. The monoisotopic (exact) mass is 639 g/mol. The zero-order valence-corrected chi connectivity index (χ0v) is 26.4. The molecule has 0 radical (unpaired) electrons. The van der Waals surface area contributed by atoms with Gasteiger partial charge in [0.2, 0.25) is 11.8 Å². The Hall–Kier alpha value is -2.98. The molecular weight excluding hydrogens is 609 g/mol. The number of halogens is 3. The molecule has 0 aromatic heterocycles. The van der Waals surface area contributed by atoms with Crippen LogP contribution in [-0.2, 0) is 26.2 Å². The van der Waals surface area contributed by atoms with Crippen LogP contribution in [0.3, 0.4) is 0 Å². The van der Waals surface area contributed by atoms with E-state index < -0.39 is 40.0 Å². The number of nitrogens with zero attached hydrogens (tertiary/aromatic N) is 2. The van der Waals surface area contributed by atoms with Gasteiger partial charge in [0, 0.05) is 27.2 Å². The quantitative estimate of drug-likeness (QED) is 0.286. The van der Waals surface area contributed by atoms with E-state index in [1.165, 1.54) is 66.6 Å². The zero-order chi connectivity index (χ0) is 30.5. The van der Waals surface area contributed by atoms with Crippen LogP contribution in [0.15, 0.2) is 71.6 Å². The maximum atomic E-state index is 14.0. The van der Waals surface area contributed by atoms with Gasteiger partial charge in [-0.1, -0.05) is 40.9 Å². The minimum atomic E-state index is -4.24. The van der Waals surface area contributed by atoms with Crippen molar-refractivity contribution in [3.05, 3.63) is 87.4 Å². The lowest BCUT2D eigenvalue weighted by Crippen LogP contribution is -2.54. The van der Waals surface area contributed by atoms with E-state index in [4.69, 9.17) is 39.5 Å². The summed E-state index contributed by atoms with van der Waals surface area (Å²) in [7, 11) is -2.77. The molecule has 0 heterocycles. The van der Waals surface area contributed by atoms with Crippen molar-refractivity contribution in [1.82, 2.24) is 10.2 Å². The van der Waals surface area contributed by atoms with Crippen molar-refractivity contribution in [2.45, 2.75) is 50.7 Å². The van der Waals surface area contributed by atoms with Crippen molar-refractivity contribution in [3.63, 3.8) is 0 Å². The van der Waals surface area contributed by atoms with Crippen molar-refractivity contribution in [2.24, 2.45) is 0 Å². The van der Waals surface area contributed by atoms with Gasteiger partial charge in [-0.05, 0) is 93.9 Å². The van der Waals surface area contributed by atoms with Crippen LogP contribution in [-0.4, -0.2) is 50.4 Å². The van der Waals surface area contributed by atoms with Gasteiger partial charge in [0.1, 0.15) is 18.3 Å². The van der Waals surface area contributed by atoms with Gasteiger partial charge in [-0.25, -0.2) is 8.42 Å². The first-order chi connectivity index (χ1) is 19.1. The van der Waals surface area contributed by atoms with Gasteiger partial charge in [-0.15, -0.1) is 0 Å². The summed E-state index contributed by atoms with van der Waals surface area (Å²) in [4.78, 5) is 28.4. The van der Waals surface area contributed by atoms with Crippen LogP contribution in [0.1, 0.15) is 33.3 Å². The molecular formula is C29H32Cl3N3O5S. The number of carbonyl (C=O) groups is 2. The second kappa shape index (κ2) is 13.3. The predicted molar refractivity (Wildman–Crippen MR) is 163 cm³/mol. The zero-order valence-electron chi connectivity index (χ0n) is 23.3. The molecule has 1 atom stereocenters. The standard InChI is InChI=1S/C29H32Cl3N3O5S/c1-19(28(37)33-29(2,3)4)34(17-20-6-7-22(31)16-26(20)32)27(36)18-35(23-10-8-21(30)9-11-23)41(38,39)25-14-12-24(40-5)13-15-25/h6-16,19H,17-18H2,1-5H3,(H,33,37). The summed E-state index contributed by atoms with van der Waals surface area (Å²) in [6.45, 7) is 6.38. The summed E-state index contributed by atoms with van der Waals surface area (Å²) in [5.41, 5.74) is 0.191. The van der Waals surface area contributed by atoms with Gasteiger partial charge in [0.15, 0.2) is 0 Å². The molecule has 3 aromatic carbocycles. The van der Waals surface area contributed by atoms with E-state index in [1.54, 1.807) is 19.1 Å². The maximum absolute atomic E-state index is 14.0. The Morgan fingerprint density at radius 1 is 0.927 bits per heavy atom. The number of carbonyl (C=O) groups excluding carboxylic acids is 2. The first-order valence-electron chi connectivity index (χ1n) is 12.6. The highest BCUT2D eigenvalue weighted by Crippen LogP contribution is 2.28. The van der Waals surface area contributed by atoms with Crippen molar-refractivity contribution in [3.8, 4) is 5.75 Å². The minimum Gasteiger partial charge on any atom is -0.497 e. The SMILES string of the molecule is COc1ccc(S(=O)(=O)N(CC(=O)N(Cc2ccc(Cl)cc2Cl)C(C)C(=O)NC(C)(C)C)c2ccc(Cl)cc2)cc1. The van der Waals surface area contributed by atoms with Crippen LogP contribution in [0.25, 0.3) is 0 Å². The van der Waals surface area contributed by atoms with Crippen molar-refractivity contribution >= 4 is 62.3 Å². The number of methoxy groups -OCH3 is 1. The number of anilines is 1. The van der Waals surface area contributed by atoms with Gasteiger partial charge in [-0.3, -0.25) is 13.9 Å². The Morgan fingerprint density at radius 3 is 2.05 bits per heavy atom. The van der Waals surface area contributed by atoms with E-state index in [-0.39, 0.29) is 17.1 Å². The summed E-state index contributed by atoms with van der Waals surface area (Å²) in [5.74, 6) is -0.561. The van der Waals surface area contributed by atoms with Crippen molar-refractivity contribution in [2.75, 3.05) is 18.0 Å². The molecule has 12 heteroatoms. The Labute approximate surface area is 256 Å². The normalized spacial score (nSPS) is 12.4. The number of benzene rings is 3. The molecule has 0 saturated carbocycles. The van der Waals surface area contributed by atoms with E-state index >= 15 is 0 Å². The fourth-order valence-electron chi connectivity index (χ4n) is 3.90. The van der Waals surface area contributed by atoms with E-state index in [2.05, 4.69) is 5.32 Å². The van der Waals surface area contributed by atoms with E-state index in [0.29, 0.717) is 26.4 Å². The molecule has 0 spiro atoms. The molecule has 41 heavy (non-hydrogen) atoms. The Morgan fingerprint density at radius 2 is 1.51 bits per heavy atom. The summed E-state index contributed by atoms with van der Waals surface area (Å²) >= 11 is 18.5. The minimum absolute atomic E-state index is 0.0492. The summed E-state index contributed by atoms with van der Waals surface area (Å²) in [5, 5.41) is 3.99. The van der Waals surface area contributed by atoms with Gasteiger partial charge in [0.25, 0.3) is 10.0 Å². The molecule has 0 aliphatic heterocycles. The fourth-order valence-corrected chi connectivity index (χ4v) is 5.91. The molecule has 0 bridgehead atoms. The van der Waals surface area contributed by atoms with Gasteiger partial charge in [0.05, 0.1) is 17.7 Å². The third kappa shape index (κ3) is 8.52. The van der Waals surface area contributed by atoms with Crippen molar-refractivity contribution < 1.29 is 22.7 Å². The average Bonchev–Trinajstić information content (AvgIpc) is 2.90. The number of sulfonamides is 1. The molecule has 1 N–H and O–H groups in total. The van der Waals surface area contributed by atoms with Gasteiger partial charge >= 0.3 is 0 Å². The lowest BCUT2D eigenvalue weighted by Gasteiger charge is -2.33. The Bertz CT molecular complexity index is 1490. The number of amides is 2. The number of nitrogens with one attached hydrogen (secondary N) is 1. The molecule has 0 saturated heterocycles. The highest BCUT2D eigenvalue weighted by molar-refractivity contribution is 7.92. The van der Waals surface area contributed by atoms with Crippen LogP contribution in [0.4, 0.5) is 5.69 Å². The third-order valence-corrected chi connectivity index (χ3v) is 8.69. The topological polar surface area (TPSA) is 96.0 Å². The van der Waals surface area contributed by atoms with Crippen LogP contribution in [0.5, 0.6) is 5.75 Å². The second-order valence-electron chi connectivity index (χ2n) is 10.3. The lowest BCUT2D eigenvalue weighted by molar-refractivity contribution is -0.140. The van der Waals surface area contributed by atoms with Gasteiger partial charge in [-0.2, -0.15) is 0 Å². The van der Waals surface area contributed by atoms with E-state index in [1.807, 2.05) is 20.8 Å². The van der Waals surface area contributed by atoms with Crippen molar-refractivity contribution in [1.29, 1.82) is 0 Å². The van der Waals surface area contributed by atoms with E-state index in [9.17, 15) is 18.0 Å². The number of hydrogen-bond donors (Lipinski definition) is 1. The summed E-state index contributed by atoms with van der Waals surface area (Å²) in [6, 6.07) is 15.7. The fraction of sp³-hybridized carbons (Fsp3) is 0.310. The van der Waals surface area contributed by atoms with E-state index in [0.717, 1.165) is 4.31 Å². The van der Waals surface area contributed by atoms with Crippen LogP contribution in [0.2, 0.25) is 15.1 Å². The first-order valence-corrected chi connectivity index (χ1v) is 15.2. The molecule has 1 unspecified atom stereocenters. The number of rotatable bonds is 10. The maximum Gasteiger partial charge on any atom is 0.264 e. The average molecular weight is 641 g/mol. The highest BCUT2D eigenvalue weighted by Gasteiger charge is 2.33. The molecule has 0 aliphatic rings. The second-order valence-corrected chi connectivity index (χ2v) is 13.5. The van der Waals surface area contributed by atoms with Gasteiger partial charge < -0.3 is 15.0 Å². The first kappa shape index (κ1) is 32.5. The Kier molecular flexibility index (Phi) is 10.6. The highest BCUT2D eigenvalue weighted by atomic mass is 35.5. The molecule has 220 valence electrons. The molecule has 0 fully saturated rings. The number of hydrogen-bond acceptors (Lipinski definition) is 5. The molecule has 2 amide bonds. The number of ether oxygens (including phenoxy) is 1. The predicted octanol–water partition coefficient (Wildman–Crippen LogP) is 6.18. The molecule has 3 aromatic rings. The van der Waals surface area contributed by atoms with Crippen LogP contribution >= 0.6 is 34.8 Å². The third-order valence-electron chi connectivity index (χ3n) is 6.06.